The normalized spacial score (nSPS) is 11.4. The zero-order chi connectivity index (χ0) is 21.3. The van der Waals surface area contributed by atoms with Crippen molar-refractivity contribution in [1.82, 2.24) is 0 Å². The average molecular weight is 421 g/mol. The predicted molar refractivity (Wildman–Crippen MR) is 122 cm³/mol. The Hall–Kier alpha value is -3.25. The highest BCUT2D eigenvalue weighted by atomic mass is 32.2. The molecule has 0 unspecified atom stereocenters. The second-order valence-corrected chi connectivity index (χ2v) is 8.17. The first-order chi connectivity index (χ1) is 14.5. The number of nitrogens with one attached hydrogen (secondary N) is 2. The Kier molecular flexibility index (Phi) is 7.51. The molecule has 0 aliphatic heterocycles. The van der Waals surface area contributed by atoms with Gasteiger partial charge in [-0.15, -0.1) is 11.8 Å². The number of amides is 2. The van der Waals surface area contributed by atoms with Gasteiger partial charge in [-0.3, -0.25) is 9.59 Å². The highest BCUT2D eigenvalue weighted by Crippen LogP contribution is 2.26. The molecule has 0 saturated carbocycles. The highest BCUT2D eigenvalue weighted by molar-refractivity contribution is 8.00. The lowest BCUT2D eigenvalue weighted by Crippen LogP contribution is -2.22. The molecule has 2 amide bonds. The number of hydrogen-bond donors (Lipinski definition) is 2. The van der Waals surface area contributed by atoms with Gasteiger partial charge >= 0.3 is 0 Å². The van der Waals surface area contributed by atoms with Crippen molar-refractivity contribution in [2.24, 2.45) is 0 Å². The van der Waals surface area contributed by atoms with Crippen LogP contribution in [-0.4, -0.2) is 17.1 Å². The van der Waals surface area contributed by atoms with Crippen LogP contribution in [0.4, 0.5) is 11.4 Å². The lowest BCUT2D eigenvalue weighted by atomic mass is 10.2. The van der Waals surface area contributed by atoms with E-state index in [2.05, 4.69) is 10.6 Å². The number of rotatable bonds is 8. The summed E-state index contributed by atoms with van der Waals surface area (Å²) in [5, 5.41) is 5.38. The van der Waals surface area contributed by atoms with Crippen LogP contribution < -0.4 is 15.4 Å². The van der Waals surface area contributed by atoms with Gasteiger partial charge in [-0.25, -0.2) is 0 Å². The van der Waals surface area contributed by atoms with Crippen LogP contribution in [0.15, 0.2) is 83.8 Å². The van der Waals surface area contributed by atoms with E-state index in [4.69, 9.17) is 4.74 Å². The van der Waals surface area contributed by atoms with Gasteiger partial charge in [-0.05, 0) is 61.0 Å². The molecule has 3 aromatic rings. The summed E-state index contributed by atoms with van der Waals surface area (Å²) in [5.74, 6) is 0.557. The topological polar surface area (TPSA) is 67.4 Å². The molecule has 5 nitrogen and oxygen atoms in total. The minimum absolute atomic E-state index is 0.0797. The van der Waals surface area contributed by atoms with Crippen molar-refractivity contribution in [2.45, 2.75) is 30.6 Å². The van der Waals surface area contributed by atoms with Gasteiger partial charge < -0.3 is 15.4 Å². The van der Waals surface area contributed by atoms with E-state index in [1.54, 1.807) is 0 Å². The van der Waals surface area contributed by atoms with E-state index >= 15 is 0 Å². The van der Waals surface area contributed by atoms with E-state index in [1.807, 2.05) is 85.8 Å². The van der Waals surface area contributed by atoms with Gasteiger partial charge in [0.25, 0.3) is 0 Å². The average Bonchev–Trinajstić information content (AvgIpc) is 2.75. The minimum atomic E-state index is -0.273. The molecule has 30 heavy (non-hydrogen) atoms. The van der Waals surface area contributed by atoms with Crippen LogP contribution in [0.2, 0.25) is 0 Å². The monoisotopic (exact) mass is 420 g/mol. The third-order valence-electron chi connectivity index (χ3n) is 4.23. The van der Waals surface area contributed by atoms with Gasteiger partial charge in [0.2, 0.25) is 11.8 Å². The third kappa shape index (κ3) is 6.67. The van der Waals surface area contributed by atoms with E-state index in [-0.39, 0.29) is 17.1 Å². The first kappa shape index (κ1) is 21.5. The minimum Gasteiger partial charge on any atom is -0.489 e. The number of carbonyl (C=O) groups excluding carboxylic acids is 2. The van der Waals surface area contributed by atoms with Crippen LogP contribution in [0.5, 0.6) is 5.75 Å². The highest BCUT2D eigenvalue weighted by Gasteiger charge is 2.14. The quantitative estimate of drug-likeness (QED) is 0.483. The van der Waals surface area contributed by atoms with Crippen molar-refractivity contribution < 1.29 is 14.3 Å². The fourth-order valence-corrected chi connectivity index (χ4v) is 3.56. The predicted octanol–water partition coefficient (Wildman–Crippen LogP) is 5.34. The number of ether oxygens (including phenoxy) is 1. The smallest absolute Gasteiger partial charge is 0.237 e. The second-order valence-electron chi connectivity index (χ2n) is 6.75. The van der Waals surface area contributed by atoms with Crippen molar-refractivity contribution in [3.63, 3.8) is 0 Å². The molecule has 0 aliphatic carbocycles. The number of anilines is 2. The molecule has 6 heteroatoms. The SMILES string of the molecule is CC(=O)Nc1ccc(S[C@H](C)C(=O)Nc2ccc(OCc3ccccc3)cc2)cc1. The van der Waals surface area contributed by atoms with Crippen LogP contribution in [-0.2, 0) is 16.2 Å². The molecule has 1 atom stereocenters. The summed E-state index contributed by atoms with van der Waals surface area (Å²) >= 11 is 1.46. The molecule has 2 N–H and O–H groups in total. The number of thioether (sulfide) groups is 1. The van der Waals surface area contributed by atoms with Crippen LogP contribution in [0.1, 0.15) is 19.4 Å². The second kappa shape index (κ2) is 10.5. The number of carbonyl (C=O) groups is 2. The molecule has 3 rings (SSSR count). The summed E-state index contributed by atoms with van der Waals surface area (Å²) in [6, 6.07) is 24.7. The van der Waals surface area contributed by atoms with Gasteiger partial charge in [-0.1, -0.05) is 30.3 Å². The molecule has 0 bridgehead atoms. The lowest BCUT2D eigenvalue weighted by Gasteiger charge is -2.13. The molecule has 0 spiro atoms. The summed E-state index contributed by atoms with van der Waals surface area (Å²) in [5.41, 5.74) is 2.56. The Labute approximate surface area is 180 Å². The molecule has 0 heterocycles. The Morgan fingerprint density at radius 3 is 2.10 bits per heavy atom. The molecule has 0 aliphatic rings. The van der Waals surface area contributed by atoms with Crippen LogP contribution in [0.25, 0.3) is 0 Å². The van der Waals surface area contributed by atoms with Crippen molar-refractivity contribution in [1.29, 1.82) is 0 Å². The van der Waals surface area contributed by atoms with E-state index < -0.39 is 0 Å². The maximum atomic E-state index is 12.5. The van der Waals surface area contributed by atoms with Crippen molar-refractivity contribution in [3.8, 4) is 5.75 Å². The molecule has 3 aromatic carbocycles. The molecular weight excluding hydrogens is 396 g/mol. The van der Waals surface area contributed by atoms with Crippen molar-refractivity contribution in [3.05, 3.63) is 84.4 Å². The van der Waals surface area contributed by atoms with Crippen LogP contribution >= 0.6 is 11.8 Å². The lowest BCUT2D eigenvalue weighted by molar-refractivity contribution is -0.115. The Balaban J connectivity index is 1.49. The summed E-state index contributed by atoms with van der Waals surface area (Å²) in [7, 11) is 0. The molecule has 0 radical (unpaired) electrons. The number of hydrogen-bond acceptors (Lipinski definition) is 4. The molecular formula is C24H24N2O3S. The maximum Gasteiger partial charge on any atom is 0.237 e. The van der Waals surface area contributed by atoms with Crippen molar-refractivity contribution >= 4 is 35.0 Å². The standard InChI is InChI=1S/C24H24N2O3S/c1-17(30-23-14-10-20(11-15-23)25-18(2)27)24(28)26-21-8-12-22(13-9-21)29-16-19-6-4-3-5-7-19/h3-15,17H,16H2,1-2H3,(H,25,27)(H,26,28)/t17-/m1/s1. The molecule has 0 fully saturated rings. The fourth-order valence-electron chi connectivity index (χ4n) is 2.70. The first-order valence-corrected chi connectivity index (χ1v) is 10.5. The van der Waals surface area contributed by atoms with Gasteiger partial charge in [0.15, 0.2) is 0 Å². The molecule has 0 saturated heterocycles. The van der Waals surface area contributed by atoms with Crippen LogP contribution in [0, 0.1) is 0 Å². The summed E-state index contributed by atoms with van der Waals surface area (Å²) in [6.45, 7) is 3.83. The van der Waals surface area contributed by atoms with Gasteiger partial charge in [0.05, 0.1) is 5.25 Å². The summed E-state index contributed by atoms with van der Waals surface area (Å²) in [4.78, 5) is 24.5. The maximum absolute atomic E-state index is 12.5. The summed E-state index contributed by atoms with van der Waals surface area (Å²) in [6.07, 6.45) is 0. The van der Waals surface area contributed by atoms with E-state index in [0.717, 1.165) is 27.6 Å². The molecule has 0 aromatic heterocycles. The largest absolute Gasteiger partial charge is 0.489 e. The number of benzene rings is 3. The molecule has 154 valence electrons. The fraction of sp³-hybridized carbons (Fsp3) is 0.167. The van der Waals surface area contributed by atoms with Gasteiger partial charge in [0.1, 0.15) is 12.4 Å². The summed E-state index contributed by atoms with van der Waals surface area (Å²) < 4.78 is 5.77. The van der Waals surface area contributed by atoms with Gasteiger partial charge in [-0.2, -0.15) is 0 Å². The zero-order valence-electron chi connectivity index (χ0n) is 16.9. The van der Waals surface area contributed by atoms with E-state index in [1.165, 1.54) is 18.7 Å². The third-order valence-corrected chi connectivity index (χ3v) is 5.34. The zero-order valence-corrected chi connectivity index (χ0v) is 17.7. The van der Waals surface area contributed by atoms with Gasteiger partial charge in [0, 0.05) is 23.2 Å². The Bertz CT molecular complexity index is 974. The van der Waals surface area contributed by atoms with E-state index in [9.17, 15) is 9.59 Å². The Morgan fingerprint density at radius 1 is 0.867 bits per heavy atom. The van der Waals surface area contributed by atoms with Crippen LogP contribution in [0.3, 0.4) is 0 Å². The van der Waals surface area contributed by atoms with E-state index in [0.29, 0.717) is 6.61 Å². The van der Waals surface area contributed by atoms with Crippen molar-refractivity contribution in [2.75, 3.05) is 10.6 Å². The first-order valence-electron chi connectivity index (χ1n) is 9.61. The Morgan fingerprint density at radius 2 is 1.47 bits per heavy atom.